The van der Waals surface area contributed by atoms with E-state index < -0.39 is 50.2 Å². The number of esters is 1. The molecule has 3 atom stereocenters. The molecule has 3 aliphatic rings. The van der Waals surface area contributed by atoms with E-state index in [0.717, 1.165) is 19.3 Å². The van der Waals surface area contributed by atoms with Gasteiger partial charge in [-0.2, -0.15) is 0 Å². The number of sulfonamides is 1. The van der Waals surface area contributed by atoms with Crippen LogP contribution in [0.5, 0.6) is 0 Å². The molecule has 1 heterocycles. The molecule has 34 heavy (non-hydrogen) atoms. The standard InChI is InChI=1S/C22H34N4O7S/c1-15(27)33-13-9-17-18(28)24-22(19(29)25-34(31,32)21(2)10-11-21)14-16(22)8-6-4-5-7-12-26(3)20(30)23-17/h6,8,16-17H,4-5,7,9-14H2,1-3H3,(H,23,30)(H,24,28)(H,25,29)/b8-6-/t16-,17-,22+/m0/s1. The predicted octanol–water partition coefficient (Wildman–Crippen LogP) is 0.563. The molecule has 190 valence electrons. The lowest BCUT2D eigenvalue weighted by atomic mass is 10.1. The van der Waals surface area contributed by atoms with Gasteiger partial charge in [0.1, 0.15) is 11.6 Å². The molecule has 0 saturated heterocycles. The van der Waals surface area contributed by atoms with Crippen molar-refractivity contribution in [1.82, 2.24) is 20.3 Å². The topological polar surface area (TPSA) is 151 Å². The van der Waals surface area contributed by atoms with E-state index in [9.17, 15) is 27.6 Å². The molecule has 2 fully saturated rings. The van der Waals surface area contributed by atoms with Crippen LogP contribution in [0.4, 0.5) is 4.79 Å². The van der Waals surface area contributed by atoms with Gasteiger partial charge < -0.3 is 20.3 Å². The molecule has 12 heteroatoms. The maximum absolute atomic E-state index is 13.2. The average molecular weight is 499 g/mol. The van der Waals surface area contributed by atoms with Crippen LogP contribution in [0.3, 0.4) is 0 Å². The van der Waals surface area contributed by atoms with Crippen LogP contribution in [0.1, 0.15) is 58.8 Å². The minimum Gasteiger partial charge on any atom is -0.466 e. The van der Waals surface area contributed by atoms with Crippen LogP contribution in [-0.2, 0) is 29.1 Å². The van der Waals surface area contributed by atoms with Gasteiger partial charge in [-0.3, -0.25) is 19.1 Å². The Labute approximate surface area is 200 Å². The third kappa shape index (κ3) is 5.89. The highest BCUT2D eigenvalue weighted by Gasteiger charge is 2.62. The number of ether oxygens (including phenoxy) is 1. The number of rotatable bonds is 6. The summed E-state index contributed by atoms with van der Waals surface area (Å²) in [6, 6.07) is -1.55. The zero-order chi connectivity index (χ0) is 25.1. The first-order valence-electron chi connectivity index (χ1n) is 11.6. The van der Waals surface area contributed by atoms with Crippen molar-refractivity contribution in [3.63, 3.8) is 0 Å². The van der Waals surface area contributed by atoms with Crippen LogP contribution in [-0.4, -0.2) is 73.7 Å². The first-order chi connectivity index (χ1) is 15.9. The van der Waals surface area contributed by atoms with Crippen molar-refractivity contribution >= 4 is 33.8 Å². The zero-order valence-corrected chi connectivity index (χ0v) is 20.7. The van der Waals surface area contributed by atoms with Crippen molar-refractivity contribution in [3.8, 4) is 0 Å². The van der Waals surface area contributed by atoms with Gasteiger partial charge >= 0.3 is 12.0 Å². The molecule has 0 radical (unpaired) electrons. The largest absolute Gasteiger partial charge is 0.466 e. The molecule has 0 bridgehead atoms. The van der Waals surface area contributed by atoms with Crippen LogP contribution in [0.25, 0.3) is 0 Å². The number of allylic oxidation sites excluding steroid dienone is 1. The number of nitrogens with one attached hydrogen (secondary N) is 3. The van der Waals surface area contributed by atoms with Crippen molar-refractivity contribution in [2.45, 2.75) is 75.1 Å². The average Bonchev–Trinajstić information content (AvgIpc) is 3.66. The summed E-state index contributed by atoms with van der Waals surface area (Å²) < 4.78 is 31.4. The fraction of sp³-hybridized carbons (Fsp3) is 0.727. The fourth-order valence-electron chi connectivity index (χ4n) is 3.89. The van der Waals surface area contributed by atoms with Gasteiger partial charge in [0.05, 0.1) is 11.4 Å². The number of urea groups is 1. The van der Waals surface area contributed by atoms with E-state index in [1.165, 1.54) is 11.8 Å². The number of fused-ring (bicyclic) bond motifs is 1. The first kappa shape index (κ1) is 26.0. The molecule has 0 aromatic rings. The van der Waals surface area contributed by atoms with E-state index in [1.54, 1.807) is 14.0 Å². The second kappa shape index (κ2) is 9.93. The highest BCUT2D eigenvalue weighted by molar-refractivity contribution is 7.91. The number of hydrogen-bond donors (Lipinski definition) is 3. The highest BCUT2D eigenvalue weighted by Crippen LogP contribution is 2.47. The van der Waals surface area contributed by atoms with Gasteiger partial charge in [0.15, 0.2) is 0 Å². The Morgan fingerprint density at radius 2 is 1.97 bits per heavy atom. The lowest BCUT2D eigenvalue weighted by Gasteiger charge is -2.26. The molecule has 3 rings (SSSR count). The van der Waals surface area contributed by atoms with Crippen LogP contribution >= 0.6 is 0 Å². The Morgan fingerprint density at radius 3 is 2.62 bits per heavy atom. The summed E-state index contributed by atoms with van der Waals surface area (Å²) >= 11 is 0. The fourth-order valence-corrected chi connectivity index (χ4v) is 5.20. The second-order valence-electron chi connectivity index (χ2n) is 9.63. The summed E-state index contributed by atoms with van der Waals surface area (Å²) in [5.41, 5.74) is -1.42. The van der Waals surface area contributed by atoms with Gasteiger partial charge in [0, 0.05) is 32.9 Å². The molecule has 11 nitrogen and oxygen atoms in total. The Bertz CT molecular complexity index is 976. The van der Waals surface area contributed by atoms with Gasteiger partial charge in [0.25, 0.3) is 5.91 Å². The van der Waals surface area contributed by atoms with Crippen LogP contribution < -0.4 is 15.4 Å². The van der Waals surface area contributed by atoms with Crippen LogP contribution in [0.15, 0.2) is 12.2 Å². The summed E-state index contributed by atoms with van der Waals surface area (Å²) in [5, 5.41) is 5.34. The summed E-state index contributed by atoms with van der Waals surface area (Å²) in [5.74, 6) is -2.31. The molecule has 3 N–H and O–H groups in total. The monoisotopic (exact) mass is 498 g/mol. The number of carbonyl (C=O) groups excluding carboxylic acids is 4. The second-order valence-corrected chi connectivity index (χ2v) is 11.8. The highest BCUT2D eigenvalue weighted by atomic mass is 32.2. The molecule has 2 saturated carbocycles. The summed E-state index contributed by atoms with van der Waals surface area (Å²) in [7, 11) is -2.27. The smallest absolute Gasteiger partial charge is 0.317 e. The maximum atomic E-state index is 13.2. The van der Waals surface area contributed by atoms with E-state index in [4.69, 9.17) is 4.74 Å². The lowest BCUT2D eigenvalue weighted by molar-refractivity contribution is -0.141. The summed E-state index contributed by atoms with van der Waals surface area (Å²) in [6.07, 6.45) is 7.27. The van der Waals surface area contributed by atoms with Gasteiger partial charge in [-0.15, -0.1) is 0 Å². The number of amides is 4. The van der Waals surface area contributed by atoms with Crippen molar-refractivity contribution < 1.29 is 32.3 Å². The zero-order valence-electron chi connectivity index (χ0n) is 19.9. The lowest BCUT2D eigenvalue weighted by Crippen LogP contribution is -2.58. The number of hydrogen-bond acceptors (Lipinski definition) is 7. The number of nitrogens with zero attached hydrogens (tertiary/aromatic N) is 1. The van der Waals surface area contributed by atoms with Crippen LogP contribution in [0.2, 0.25) is 0 Å². The van der Waals surface area contributed by atoms with E-state index in [-0.39, 0.29) is 25.4 Å². The molecular weight excluding hydrogens is 464 g/mol. The molecule has 2 aliphatic carbocycles. The van der Waals surface area contributed by atoms with Gasteiger partial charge in [-0.05, 0) is 45.4 Å². The quantitative estimate of drug-likeness (QED) is 0.358. The Morgan fingerprint density at radius 1 is 1.26 bits per heavy atom. The molecule has 0 aromatic heterocycles. The van der Waals surface area contributed by atoms with Crippen LogP contribution in [0, 0.1) is 5.92 Å². The predicted molar refractivity (Wildman–Crippen MR) is 123 cm³/mol. The van der Waals surface area contributed by atoms with Crippen molar-refractivity contribution in [2.24, 2.45) is 5.92 Å². The normalized spacial score (nSPS) is 30.0. The minimum absolute atomic E-state index is 0.000429. The van der Waals surface area contributed by atoms with E-state index in [0.29, 0.717) is 19.4 Å². The molecular formula is C22H34N4O7S. The SMILES string of the molecule is CC(=O)OCC[C@@H]1NC(=O)N(C)CCCC/C=C\[C@H]2C[C@@]2(C(=O)NS(=O)(=O)C2(C)CC2)NC1=O. The summed E-state index contributed by atoms with van der Waals surface area (Å²) in [4.78, 5) is 51.6. The first-order valence-corrected chi connectivity index (χ1v) is 13.1. The molecule has 0 aromatic carbocycles. The maximum Gasteiger partial charge on any atom is 0.317 e. The third-order valence-electron chi connectivity index (χ3n) is 6.75. The third-order valence-corrected chi connectivity index (χ3v) is 8.91. The molecule has 4 amide bonds. The molecule has 1 aliphatic heterocycles. The van der Waals surface area contributed by atoms with E-state index in [1.807, 2.05) is 12.2 Å². The Kier molecular flexibility index (Phi) is 7.59. The van der Waals surface area contributed by atoms with E-state index >= 15 is 0 Å². The van der Waals surface area contributed by atoms with Gasteiger partial charge in [-0.1, -0.05) is 12.2 Å². The Balaban J connectivity index is 1.82. The van der Waals surface area contributed by atoms with E-state index in [2.05, 4.69) is 15.4 Å². The number of carbonyl (C=O) groups is 4. The van der Waals surface area contributed by atoms with Gasteiger partial charge in [-0.25, -0.2) is 13.2 Å². The van der Waals surface area contributed by atoms with Gasteiger partial charge in [0.2, 0.25) is 15.9 Å². The molecule has 0 spiro atoms. The Hall–Kier alpha value is -2.63. The van der Waals surface area contributed by atoms with Crippen molar-refractivity contribution in [3.05, 3.63) is 12.2 Å². The van der Waals surface area contributed by atoms with Crippen molar-refractivity contribution in [1.29, 1.82) is 0 Å². The van der Waals surface area contributed by atoms with Crippen molar-refractivity contribution in [2.75, 3.05) is 20.2 Å². The summed E-state index contributed by atoms with van der Waals surface area (Å²) in [6.45, 7) is 3.21. The minimum atomic E-state index is -3.89. The molecule has 0 unspecified atom stereocenters.